The Kier molecular flexibility index (Phi) is 3.86. The standard InChI is InChI=1S/C15H12ClFO2/c1-9-7-11(16)4-5-12(9)15(18)10-3-6-14(19-2)13(17)8-10/h3-8H,1-2H3. The number of methoxy groups -OCH3 is 1. The highest BCUT2D eigenvalue weighted by Crippen LogP contribution is 2.22. The molecule has 0 bridgehead atoms. The van der Waals surface area contributed by atoms with E-state index in [4.69, 9.17) is 16.3 Å². The summed E-state index contributed by atoms with van der Waals surface area (Å²) in [7, 11) is 1.38. The van der Waals surface area contributed by atoms with Gasteiger partial charge in [0.2, 0.25) is 0 Å². The van der Waals surface area contributed by atoms with Crippen LogP contribution < -0.4 is 4.74 Å². The van der Waals surface area contributed by atoms with Crippen molar-refractivity contribution in [3.63, 3.8) is 0 Å². The molecule has 4 heteroatoms. The van der Waals surface area contributed by atoms with E-state index >= 15 is 0 Å². The molecule has 0 aliphatic heterocycles. The number of carbonyl (C=O) groups is 1. The summed E-state index contributed by atoms with van der Waals surface area (Å²) in [5.41, 5.74) is 1.55. The van der Waals surface area contributed by atoms with Crippen LogP contribution in [0, 0.1) is 12.7 Å². The third-order valence-corrected chi connectivity index (χ3v) is 3.08. The van der Waals surface area contributed by atoms with Crippen LogP contribution in [0.2, 0.25) is 5.02 Å². The Labute approximate surface area is 115 Å². The molecule has 2 rings (SSSR count). The van der Waals surface area contributed by atoms with Gasteiger partial charge in [-0.05, 0) is 48.9 Å². The molecule has 0 N–H and O–H groups in total. The lowest BCUT2D eigenvalue weighted by Gasteiger charge is -2.07. The van der Waals surface area contributed by atoms with E-state index in [9.17, 15) is 9.18 Å². The van der Waals surface area contributed by atoms with E-state index in [1.54, 1.807) is 25.1 Å². The van der Waals surface area contributed by atoms with Crippen molar-refractivity contribution in [3.05, 3.63) is 63.9 Å². The first kappa shape index (κ1) is 13.6. The SMILES string of the molecule is COc1ccc(C(=O)c2ccc(Cl)cc2C)cc1F. The number of ketones is 1. The smallest absolute Gasteiger partial charge is 0.193 e. The summed E-state index contributed by atoms with van der Waals surface area (Å²) in [6.45, 7) is 1.79. The van der Waals surface area contributed by atoms with E-state index < -0.39 is 5.82 Å². The molecule has 0 radical (unpaired) electrons. The number of hydrogen-bond acceptors (Lipinski definition) is 2. The molecule has 2 nitrogen and oxygen atoms in total. The lowest BCUT2D eigenvalue weighted by molar-refractivity contribution is 0.103. The molecular weight excluding hydrogens is 267 g/mol. The van der Waals surface area contributed by atoms with Gasteiger partial charge in [0.1, 0.15) is 0 Å². The highest BCUT2D eigenvalue weighted by atomic mass is 35.5. The molecule has 0 heterocycles. The molecule has 98 valence electrons. The van der Waals surface area contributed by atoms with Crippen LogP contribution in [0.1, 0.15) is 21.5 Å². The van der Waals surface area contributed by atoms with Crippen LogP contribution in [0.3, 0.4) is 0 Å². The normalized spacial score (nSPS) is 10.3. The summed E-state index contributed by atoms with van der Waals surface area (Å²) in [5, 5.41) is 0.565. The van der Waals surface area contributed by atoms with Crippen molar-refractivity contribution in [2.45, 2.75) is 6.92 Å². The molecule has 0 aromatic heterocycles. The Morgan fingerprint density at radius 1 is 1.21 bits per heavy atom. The highest BCUT2D eigenvalue weighted by Gasteiger charge is 2.14. The fourth-order valence-corrected chi connectivity index (χ4v) is 2.07. The number of ether oxygens (including phenoxy) is 1. The van der Waals surface area contributed by atoms with E-state index in [1.807, 2.05) is 0 Å². The molecule has 0 unspecified atom stereocenters. The van der Waals surface area contributed by atoms with Gasteiger partial charge in [0.15, 0.2) is 17.3 Å². The van der Waals surface area contributed by atoms with Crippen LogP contribution in [-0.4, -0.2) is 12.9 Å². The minimum absolute atomic E-state index is 0.115. The van der Waals surface area contributed by atoms with E-state index in [1.165, 1.54) is 25.3 Å². The van der Waals surface area contributed by atoms with Crippen LogP contribution in [0.5, 0.6) is 5.75 Å². The van der Waals surface area contributed by atoms with Crippen molar-refractivity contribution >= 4 is 17.4 Å². The van der Waals surface area contributed by atoms with E-state index in [-0.39, 0.29) is 17.1 Å². The Morgan fingerprint density at radius 2 is 1.95 bits per heavy atom. The Balaban J connectivity index is 2.41. The zero-order valence-corrected chi connectivity index (χ0v) is 11.3. The van der Waals surface area contributed by atoms with Gasteiger partial charge >= 0.3 is 0 Å². The average molecular weight is 279 g/mol. The highest BCUT2D eigenvalue weighted by molar-refractivity contribution is 6.30. The summed E-state index contributed by atoms with van der Waals surface area (Å²) in [4.78, 5) is 12.3. The monoisotopic (exact) mass is 278 g/mol. The zero-order valence-electron chi connectivity index (χ0n) is 10.5. The number of carbonyl (C=O) groups excluding carboxylic acids is 1. The Morgan fingerprint density at radius 3 is 2.53 bits per heavy atom. The van der Waals surface area contributed by atoms with Gasteiger partial charge in [0.05, 0.1) is 7.11 Å². The molecule has 0 spiro atoms. The first-order valence-corrected chi connectivity index (χ1v) is 6.05. The number of rotatable bonds is 3. The van der Waals surface area contributed by atoms with Crippen LogP contribution in [0.25, 0.3) is 0 Å². The first-order valence-electron chi connectivity index (χ1n) is 5.67. The predicted octanol–water partition coefficient (Wildman–Crippen LogP) is 4.03. The molecule has 0 saturated heterocycles. The van der Waals surface area contributed by atoms with Gasteiger partial charge < -0.3 is 4.74 Å². The molecule has 2 aromatic rings. The second-order valence-electron chi connectivity index (χ2n) is 4.14. The maximum Gasteiger partial charge on any atom is 0.193 e. The van der Waals surface area contributed by atoms with E-state index in [0.717, 1.165) is 5.56 Å². The number of halogens is 2. The van der Waals surface area contributed by atoms with Gasteiger partial charge in [-0.2, -0.15) is 0 Å². The summed E-state index contributed by atoms with van der Waals surface area (Å²) in [6, 6.07) is 9.14. The molecule has 0 aliphatic carbocycles. The second kappa shape index (κ2) is 5.41. The van der Waals surface area contributed by atoms with E-state index in [2.05, 4.69) is 0 Å². The molecule has 19 heavy (non-hydrogen) atoms. The van der Waals surface area contributed by atoms with Gasteiger partial charge in [0.25, 0.3) is 0 Å². The fraction of sp³-hybridized carbons (Fsp3) is 0.133. The van der Waals surface area contributed by atoms with Gasteiger partial charge in [-0.25, -0.2) is 4.39 Å². The Hall–Kier alpha value is -1.87. The number of aryl methyl sites for hydroxylation is 1. The van der Waals surface area contributed by atoms with Crippen molar-refractivity contribution in [2.24, 2.45) is 0 Å². The topological polar surface area (TPSA) is 26.3 Å². The molecule has 0 aliphatic rings. The van der Waals surface area contributed by atoms with Crippen LogP contribution >= 0.6 is 11.6 Å². The molecule has 0 fully saturated rings. The summed E-state index contributed by atoms with van der Waals surface area (Å²) in [5.74, 6) is -0.680. The maximum absolute atomic E-state index is 13.6. The fourth-order valence-electron chi connectivity index (χ4n) is 1.84. The number of hydrogen-bond donors (Lipinski definition) is 0. The zero-order chi connectivity index (χ0) is 14.0. The van der Waals surface area contributed by atoms with Crippen LogP contribution in [0.4, 0.5) is 4.39 Å². The predicted molar refractivity (Wildman–Crippen MR) is 72.6 cm³/mol. The van der Waals surface area contributed by atoms with Crippen molar-refractivity contribution in [1.82, 2.24) is 0 Å². The minimum Gasteiger partial charge on any atom is -0.494 e. The van der Waals surface area contributed by atoms with Crippen LogP contribution in [0.15, 0.2) is 36.4 Å². The molecule has 0 atom stereocenters. The third kappa shape index (κ3) is 2.76. The van der Waals surface area contributed by atoms with Crippen molar-refractivity contribution < 1.29 is 13.9 Å². The molecule has 2 aromatic carbocycles. The van der Waals surface area contributed by atoms with Gasteiger partial charge in [-0.3, -0.25) is 4.79 Å². The molecular formula is C15H12ClFO2. The summed E-state index contributed by atoms with van der Waals surface area (Å²) in [6.07, 6.45) is 0. The quantitative estimate of drug-likeness (QED) is 0.793. The largest absolute Gasteiger partial charge is 0.494 e. The van der Waals surface area contributed by atoms with Crippen LogP contribution in [-0.2, 0) is 0 Å². The number of benzene rings is 2. The van der Waals surface area contributed by atoms with Crippen molar-refractivity contribution in [3.8, 4) is 5.75 Å². The average Bonchev–Trinajstić information content (AvgIpc) is 2.38. The van der Waals surface area contributed by atoms with Gasteiger partial charge in [-0.1, -0.05) is 11.6 Å². The lowest BCUT2D eigenvalue weighted by Crippen LogP contribution is -2.04. The first-order chi connectivity index (χ1) is 9.02. The molecule has 0 saturated carbocycles. The summed E-state index contributed by atoms with van der Waals surface area (Å²) < 4.78 is 18.4. The third-order valence-electron chi connectivity index (χ3n) is 2.85. The van der Waals surface area contributed by atoms with Crippen molar-refractivity contribution in [2.75, 3.05) is 7.11 Å². The van der Waals surface area contributed by atoms with E-state index in [0.29, 0.717) is 10.6 Å². The molecule has 0 amide bonds. The van der Waals surface area contributed by atoms with Gasteiger partial charge in [0, 0.05) is 16.1 Å². The summed E-state index contributed by atoms with van der Waals surface area (Å²) >= 11 is 5.84. The second-order valence-corrected chi connectivity index (χ2v) is 4.57. The lowest BCUT2D eigenvalue weighted by atomic mass is 9.99. The Bertz CT molecular complexity index is 638. The van der Waals surface area contributed by atoms with Gasteiger partial charge in [-0.15, -0.1) is 0 Å². The van der Waals surface area contributed by atoms with Crippen molar-refractivity contribution in [1.29, 1.82) is 0 Å². The maximum atomic E-state index is 13.6. The minimum atomic E-state index is -0.556.